The van der Waals surface area contributed by atoms with Crippen LogP contribution in [0.1, 0.15) is 51.6 Å². The Balaban J connectivity index is 1.55. The van der Waals surface area contributed by atoms with Crippen molar-refractivity contribution in [2.24, 2.45) is 0 Å². The number of likely N-dealkylation sites (tertiary alicyclic amines) is 2. The number of hydrogen-bond acceptors (Lipinski definition) is 9. The number of amides is 3. The molecule has 2 aliphatic rings. The summed E-state index contributed by atoms with van der Waals surface area (Å²) in [5, 5.41) is 6.81. The minimum atomic E-state index is -0.854. The number of aryl methyl sites for hydroxylation is 1. The molecule has 0 radical (unpaired) electrons. The molecule has 2 fully saturated rings. The number of hydrogen-bond donors (Lipinski definition) is 1. The molecule has 4 heterocycles. The normalized spacial score (nSPS) is 22.8. The molecule has 0 aliphatic carbocycles. The Kier molecular flexibility index (Phi) is 6.72. The van der Waals surface area contributed by atoms with Gasteiger partial charge in [0.1, 0.15) is 17.0 Å². The zero-order chi connectivity index (χ0) is 23.5. The third-order valence-corrected chi connectivity index (χ3v) is 6.91. The average molecular weight is 476 g/mol. The van der Waals surface area contributed by atoms with Crippen LogP contribution in [0.2, 0.25) is 0 Å². The van der Waals surface area contributed by atoms with Crippen molar-refractivity contribution >= 4 is 35.2 Å². The predicted octanol–water partition coefficient (Wildman–Crippen LogP) is 1.01. The summed E-state index contributed by atoms with van der Waals surface area (Å²) in [6, 6.07) is 1.28. The van der Waals surface area contributed by atoms with Gasteiger partial charge in [0.05, 0.1) is 19.1 Å². The van der Waals surface area contributed by atoms with E-state index in [2.05, 4.69) is 14.9 Å². The first kappa shape index (κ1) is 22.9. The van der Waals surface area contributed by atoms with E-state index in [9.17, 15) is 19.2 Å². The lowest BCUT2D eigenvalue weighted by Gasteiger charge is -2.40. The highest BCUT2D eigenvalue weighted by Crippen LogP contribution is 2.27. The van der Waals surface area contributed by atoms with Gasteiger partial charge in [-0.3, -0.25) is 14.4 Å². The quantitative estimate of drug-likeness (QED) is 0.633. The molecule has 12 heteroatoms. The first-order chi connectivity index (χ1) is 15.9. The van der Waals surface area contributed by atoms with Crippen molar-refractivity contribution in [1.82, 2.24) is 24.7 Å². The predicted molar refractivity (Wildman–Crippen MR) is 115 cm³/mol. The second-order valence-corrected chi connectivity index (χ2v) is 8.84. The van der Waals surface area contributed by atoms with Crippen LogP contribution in [0.5, 0.6) is 0 Å². The summed E-state index contributed by atoms with van der Waals surface area (Å²) in [5.74, 6) is -1.39. The van der Waals surface area contributed by atoms with Crippen molar-refractivity contribution in [3.63, 3.8) is 0 Å². The van der Waals surface area contributed by atoms with Gasteiger partial charge in [0.2, 0.25) is 5.91 Å². The molecule has 2 aromatic heterocycles. The molecule has 11 nitrogen and oxygen atoms in total. The van der Waals surface area contributed by atoms with Gasteiger partial charge >= 0.3 is 5.97 Å². The molecule has 1 N–H and O–H groups in total. The Morgan fingerprint density at radius 3 is 2.67 bits per heavy atom. The van der Waals surface area contributed by atoms with Gasteiger partial charge in [-0.15, -0.1) is 5.10 Å². The summed E-state index contributed by atoms with van der Waals surface area (Å²) >= 11 is 1.01. The molecular formula is C21H25N5O6S. The SMILES string of the molecule is COC(=O)[C@H]1CCCN1C(=O)[C@@H]1C[C@@H](NC(=O)c2snnc2C)CCN1C(=O)c1ccco1. The minimum absolute atomic E-state index is 0.132. The number of nitrogens with one attached hydrogen (secondary N) is 1. The van der Waals surface area contributed by atoms with Crippen LogP contribution in [0.25, 0.3) is 0 Å². The van der Waals surface area contributed by atoms with Crippen LogP contribution in [0.4, 0.5) is 0 Å². The van der Waals surface area contributed by atoms with Gasteiger partial charge in [-0.2, -0.15) is 0 Å². The van der Waals surface area contributed by atoms with Crippen LogP contribution in [0, 0.1) is 6.92 Å². The second kappa shape index (κ2) is 9.69. The monoisotopic (exact) mass is 475 g/mol. The van der Waals surface area contributed by atoms with E-state index < -0.39 is 24.0 Å². The summed E-state index contributed by atoms with van der Waals surface area (Å²) in [5.41, 5.74) is 0.536. The maximum absolute atomic E-state index is 13.6. The molecule has 2 aliphatic heterocycles. The molecule has 3 amide bonds. The summed E-state index contributed by atoms with van der Waals surface area (Å²) in [6.07, 6.45) is 3.26. The highest BCUT2D eigenvalue weighted by Gasteiger charge is 2.44. The van der Waals surface area contributed by atoms with Crippen molar-refractivity contribution < 1.29 is 28.3 Å². The fraction of sp³-hybridized carbons (Fsp3) is 0.524. The van der Waals surface area contributed by atoms with E-state index in [1.807, 2.05) is 0 Å². The number of carbonyl (C=O) groups is 4. The molecular weight excluding hydrogens is 450 g/mol. The first-order valence-corrected chi connectivity index (χ1v) is 11.5. The molecule has 2 aromatic rings. The maximum Gasteiger partial charge on any atom is 0.328 e. The van der Waals surface area contributed by atoms with E-state index >= 15 is 0 Å². The third kappa shape index (κ3) is 4.61. The van der Waals surface area contributed by atoms with E-state index in [0.29, 0.717) is 36.4 Å². The van der Waals surface area contributed by atoms with E-state index in [0.717, 1.165) is 11.5 Å². The van der Waals surface area contributed by atoms with Crippen molar-refractivity contribution in [1.29, 1.82) is 0 Å². The Bertz CT molecular complexity index is 1040. The number of aromatic nitrogens is 2. The number of nitrogens with zero attached hydrogens (tertiary/aromatic N) is 4. The van der Waals surface area contributed by atoms with Crippen molar-refractivity contribution in [3.05, 3.63) is 34.7 Å². The largest absolute Gasteiger partial charge is 0.467 e. The zero-order valence-corrected chi connectivity index (χ0v) is 19.2. The third-order valence-electron chi connectivity index (χ3n) is 6.08. The molecule has 4 rings (SSSR count). The molecule has 0 bridgehead atoms. The van der Waals surface area contributed by atoms with E-state index in [1.165, 1.54) is 23.2 Å². The number of furan rings is 1. The number of methoxy groups -OCH3 is 1. The summed E-state index contributed by atoms with van der Waals surface area (Å²) < 4.78 is 13.9. The number of piperidine rings is 1. The fourth-order valence-electron chi connectivity index (χ4n) is 4.41. The standard InChI is InChI=1S/C21H25N5O6S/c1-12-17(33-24-23-12)18(27)22-13-7-9-26(20(29)16-6-4-10-32-16)15(11-13)19(28)25-8-3-5-14(25)21(30)31-2/h4,6,10,13-15H,3,5,7-9,11H2,1-2H3,(H,22,27)/t13-,14+,15-/m0/s1. The van der Waals surface area contributed by atoms with Crippen LogP contribution < -0.4 is 5.32 Å². The first-order valence-electron chi connectivity index (χ1n) is 10.7. The van der Waals surface area contributed by atoms with Crippen LogP contribution in [0.15, 0.2) is 22.8 Å². The summed E-state index contributed by atoms with van der Waals surface area (Å²) in [7, 11) is 1.29. The van der Waals surface area contributed by atoms with Gasteiger partial charge in [-0.1, -0.05) is 4.49 Å². The Morgan fingerprint density at radius 2 is 2.00 bits per heavy atom. The lowest BCUT2D eigenvalue weighted by molar-refractivity contribution is -0.153. The Hall–Kier alpha value is -3.28. The molecule has 2 saturated heterocycles. The lowest BCUT2D eigenvalue weighted by atomic mass is 9.95. The van der Waals surface area contributed by atoms with Gasteiger partial charge in [0, 0.05) is 19.1 Å². The number of carbonyl (C=O) groups excluding carboxylic acids is 4. The van der Waals surface area contributed by atoms with Crippen LogP contribution in [-0.4, -0.2) is 81.4 Å². The van der Waals surface area contributed by atoms with Gasteiger partial charge < -0.3 is 24.3 Å². The van der Waals surface area contributed by atoms with E-state index in [-0.39, 0.29) is 36.6 Å². The number of esters is 1. The molecule has 0 unspecified atom stereocenters. The molecule has 3 atom stereocenters. The van der Waals surface area contributed by atoms with Gasteiger partial charge in [0.25, 0.3) is 11.8 Å². The van der Waals surface area contributed by atoms with Gasteiger partial charge in [0.15, 0.2) is 5.76 Å². The van der Waals surface area contributed by atoms with E-state index in [4.69, 9.17) is 9.15 Å². The fourth-order valence-corrected chi connectivity index (χ4v) is 4.97. The Morgan fingerprint density at radius 1 is 1.18 bits per heavy atom. The van der Waals surface area contributed by atoms with Crippen molar-refractivity contribution in [3.8, 4) is 0 Å². The van der Waals surface area contributed by atoms with Crippen LogP contribution in [-0.2, 0) is 14.3 Å². The van der Waals surface area contributed by atoms with Gasteiger partial charge in [-0.25, -0.2) is 4.79 Å². The Labute approximate surface area is 194 Å². The van der Waals surface area contributed by atoms with Crippen LogP contribution >= 0.6 is 11.5 Å². The van der Waals surface area contributed by atoms with E-state index in [1.54, 1.807) is 19.1 Å². The summed E-state index contributed by atoms with van der Waals surface area (Å²) in [4.78, 5) is 54.9. The van der Waals surface area contributed by atoms with Crippen molar-refractivity contribution in [2.45, 2.75) is 50.7 Å². The molecule has 176 valence electrons. The van der Waals surface area contributed by atoms with Crippen LogP contribution in [0.3, 0.4) is 0 Å². The molecule has 33 heavy (non-hydrogen) atoms. The minimum Gasteiger partial charge on any atom is -0.467 e. The number of rotatable bonds is 5. The lowest BCUT2D eigenvalue weighted by Crippen LogP contribution is -2.59. The molecule has 0 aromatic carbocycles. The molecule has 0 spiro atoms. The topological polar surface area (TPSA) is 135 Å². The zero-order valence-electron chi connectivity index (χ0n) is 18.4. The highest BCUT2D eigenvalue weighted by atomic mass is 32.1. The smallest absolute Gasteiger partial charge is 0.328 e. The summed E-state index contributed by atoms with van der Waals surface area (Å²) in [6.45, 7) is 2.36. The second-order valence-electron chi connectivity index (χ2n) is 8.09. The van der Waals surface area contributed by atoms with Crippen molar-refractivity contribution in [2.75, 3.05) is 20.2 Å². The maximum atomic E-state index is 13.6. The van der Waals surface area contributed by atoms with Gasteiger partial charge in [-0.05, 0) is 56.3 Å². The highest BCUT2D eigenvalue weighted by molar-refractivity contribution is 7.08. The number of ether oxygens (including phenoxy) is 1. The molecule has 0 saturated carbocycles. The average Bonchev–Trinajstić information content (AvgIpc) is 3.59.